The van der Waals surface area contributed by atoms with Gasteiger partial charge in [-0.15, -0.1) is 0 Å². The fourth-order valence-electron chi connectivity index (χ4n) is 1.25. The number of halogens is 1. The lowest BCUT2D eigenvalue weighted by Gasteiger charge is -2.17. The number of esters is 1. The fraction of sp³-hybridized carbons (Fsp3) is 0.400. The van der Waals surface area contributed by atoms with Gasteiger partial charge in [-0.05, 0) is 12.1 Å². The predicted molar refractivity (Wildman–Crippen MR) is 61.3 cm³/mol. The SMILES string of the molecule is COC(=O)CC(O)C(O)c1nc(Cl)ccc1N. The summed E-state index contributed by atoms with van der Waals surface area (Å²) in [7, 11) is 1.19. The van der Waals surface area contributed by atoms with E-state index in [1.54, 1.807) is 0 Å². The maximum Gasteiger partial charge on any atom is 0.308 e. The molecule has 0 bridgehead atoms. The monoisotopic (exact) mass is 260 g/mol. The summed E-state index contributed by atoms with van der Waals surface area (Å²) < 4.78 is 4.37. The van der Waals surface area contributed by atoms with Gasteiger partial charge in [-0.2, -0.15) is 0 Å². The first-order chi connectivity index (χ1) is 7.95. The first kappa shape index (κ1) is 13.7. The zero-order chi connectivity index (χ0) is 13.0. The molecule has 94 valence electrons. The number of hydrogen-bond donors (Lipinski definition) is 3. The van der Waals surface area contributed by atoms with Crippen LogP contribution in [0.5, 0.6) is 0 Å². The molecule has 0 spiro atoms. The molecule has 0 aliphatic carbocycles. The molecule has 7 heteroatoms. The Labute approximate surface area is 103 Å². The highest BCUT2D eigenvalue weighted by Crippen LogP contribution is 2.24. The van der Waals surface area contributed by atoms with Crippen molar-refractivity contribution in [2.75, 3.05) is 12.8 Å². The molecule has 0 aliphatic rings. The maximum atomic E-state index is 10.9. The molecule has 1 rings (SSSR count). The molecule has 1 aromatic heterocycles. The number of nitrogens with two attached hydrogens (primary N) is 1. The highest BCUT2D eigenvalue weighted by atomic mass is 35.5. The number of pyridine rings is 1. The Morgan fingerprint density at radius 1 is 1.59 bits per heavy atom. The fourth-order valence-corrected chi connectivity index (χ4v) is 1.40. The predicted octanol–water partition coefficient (Wildman–Crippen LogP) is 0.275. The molecule has 0 radical (unpaired) electrons. The molecule has 2 atom stereocenters. The molecule has 6 nitrogen and oxygen atoms in total. The minimum absolute atomic E-state index is 0.0360. The number of carbonyl (C=O) groups is 1. The second kappa shape index (κ2) is 5.81. The summed E-state index contributed by atoms with van der Waals surface area (Å²) in [6.45, 7) is 0. The molecule has 0 saturated heterocycles. The first-order valence-electron chi connectivity index (χ1n) is 4.80. The van der Waals surface area contributed by atoms with Gasteiger partial charge in [-0.25, -0.2) is 4.98 Å². The second-order valence-electron chi connectivity index (χ2n) is 3.40. The normalized spacial score (nSPS) is 14.1. The molecule has 1 heterocycles. The molecular weight excluding hydrogens is 248 g/mol. The van der Waals surface area contributed by atoms with E-state index in [0.717, 1.165) is 0 Å². The van der Waals surface area contributed by atoms with E-state index in [1.165, 1.54) is 19.2 Å². The van der Waals surface area contributed by atoms with Gasteiger partial charge in [0.15, 0.2) is 0 Å². The van der Waals surface area contributed by atoms with Crippen LogP contribution < -0.4 is 5.73 Å². The number of nitrogens with zero attached hydrogens (tertiary/aromatic N) is 1. The van der Waals surface area contributed by atoms with E-state index in [9.17, 15) is 15.0 Å². The van der Waals surface area contributed by atoms with Crippen molar-refractivity contribution in [1.29, 1.82) is 0 Å². The lowest BCUT2D eigenvalue weighted by atomic mass is 10.1. The Morgan fingerprint density at radius 2 is 2.24 bits per heavy atom. The average Bonchev–Trinajstić information content (AvgIpc) is 2.31. The molecule has 0 aliphatic heterocycles. The quantitative estimate of drug-likeness (QED) is 0.530. The summed E-state index contributed by atoms with van der Waals surface area (Å²) in [4.78, 5) is 14.7. The summed E-state index contributed by atoms with van der Waals surface area (Å²) in [6.07, 6.45) is -3.10. The number of carbonyl (C=O) groups excluding carboxylic acids is 1. The summed E-state index contributed by atoms with van der Waals surface area (Å²) in [5.41, 5.74) is 5.80. The molecule has 0 saturated carbocycles. The number of aliphatic hydroxyl groups is 2. The van der Waals surface area contributed by atoms with Crippen LogP contribution in [-0.4, -0.2) is 34.4 Å². The van der Waals surface area contributed by atoms with Crippen molar-refractivity contribution >= 4 is 23.3 Å². The van der Waals surface area contributed by atoms with Crippen LogP contribution in [0, 0.1) is 0 Å². The number of rotatable bonds is 4. The Hall–Kier alpha value is -1.37. The van der Waals surface area contributed by atoms with Gasteiger partial charge in [0.25, 0.3) is 0 Å². The molecular formula is C10H13ClN2O4. The Bertz CT molecular complexity index is 413. The smallest absolute Gasteiger partial charge is 0.308 e. The summed E-state index contributed by atoms with van der Waals surface area (Å²) in [5.74, 6) is -0.642. The van der Waals surface area contributed by atoms with Crippen LogP contribution in [0.3, 0.4) is 0 Å². The number of hydrogen-bond acceptors (Lipinski definition) is 6. The van der Waals surface area contributed by atoms with E-state index in [2.05, 4.69) is 9.72 Å². The van der Waals surface area contributed by atoms with Crippen molar-refractivity contribution in [2.24, 2.45) is 0 Å². The van der Waals surface area contributed by atoms with Crippen molar-refractivity contribution in [2.45, 2.75) is 18.6 Å². The van der Waals surface area contributed by atoms with E-state index >= 15 is 0 Å². The van der Waals surface area contributed by atoms with Gasteiger partial charge >= 0.3 is 5.97 Å². The zero-order valence-corrected chi connectivity index (χ0v) is 9.89. The minimum atomic E-state index is -1.40. The van der Waals surface area contributed by atoms with Gasteiger partial charge in [0.1, 0.15) is 11.3 Å². The largest absolute Gasteiger partial charge is 0.469 e. The molecule has 2 unspecified atom stereocenters. The van der Waals surface area contributed by atoms with Crippen molar-refractivity contribution in [1.82, 2.24) is 4.98 Å². The number of anilines is 1. The van der Waals surface area contributed by atoms with Crippen LogP contribution in [0.25, 0.3) is 0 Å². The zero-order valence-electron chi connectivity index (χ0n) is 9.13. The number of ether oxygens (including phenoxy) is 1. The summed E-state index contributed by atoms with van der Waals surface area (Å²) in [5, 5.41) is 19.5. The number of methoxy groups -OCH3 is 1. The lowest BCUT2D eigenvalue weighted by Crippen LogP contribution is -2.24. The third-order valence-corrected chi connectivity index (χ3v) is 2.38. The van der Waals surface area contributed by atoms with Gasteiger partial charge in [0.2, 0.25) is 0 Å². The molecule has 0 amide bonds. The summed E-state index contributed by atoms with van der Waals surface area (Å²) in [6, 6.07) is 2.92. The standard InChI is InChI=1S/C10H13ClN2O4/c1-17-8(15)4-6(14)10(16)9-5(12)2-3-7(11)13-9/h2-3,6,10,14,16H,4,12H2,1H3. The van der Waals surface area contributed by atoms with Crippen LogP contribution >= 0.6 is 11.6 Å². The van der Waals surface area contributed by atoms with E-state index in [1.807, 2.05) is 0 Å². The lowest BCUT2D eigenvalue weighted by molar-refractivity contribution is -0.144. The molecule has 17 heavy (non-hydrogen) atoms. The Morgan fingerprint density at radius 3 is 2.82 bits per heavy atom. The third-order valence-electron chi connectivity index (χ3n) is 2.17. The van der Waals surface area contributed by atoms with Crippen LogP contribution in [0.15, 0.2) is 12.1 Å². The topological polar surface area (TPSA) is 106 Å². The van der Waals surface area contributed by atoms with E-state index in [4.69, 9.17) is 17.3 Å². The molecule has 4 N–H and O–H groups in total. The molecule has 1 aromatic rings. The highest BCUT2D eigenvalue weighted by molar-refractivity contribution is 6.29. The van der Waals surface area contributed by atoms with Gasteiger partial charge in [-0.3, -0.25) is 4.79 Å². The van der Waals surface area contributed by atoms with Gasteiger partial charge < -0.3 is 20.7 Å². The van der Waals surface area contributed by atoms with Crippen molar-refractivity contribution in [3.05, 3.63) is 23.0 Å². The van der Waals surface area contributed by atoms with Gasteiger partial charge in [-0.1, -0.05) is 11.6 Å². The van der Waals surface area contributed by atoms with Crippen LogP contribution in [0.1, 0.15) is 18.2 Å². The maximum absolute atomic E-state index is 10.9. The van der Waals surface area contributed by atoms with E-state index in [0.29, 0.717) is 0 Å². The number of aliphatic hydroxyl groups excluding tert-OH is 2. The third kappa shape index (κ3) is 3.55. The minimum Gasteiger partial charge on any atom is -0.469 e. The summed E-state index contributed by atoms with van der Waals surface area (Å²) >= 11 is 5.65. The second-order valence-corrected chi connectivity index (χ2v) is 3.79. The highest BCUT2D eigenvalue weighted by Gasteiger charge is 2.24. The Balaban J connectivity index is 2.84. The molecule has 0 fully saturated rings. The van der Waals surface area contributed by atoms with Crippen LogP contribution in [0.4, 0.5) is 5.69 Å². The average molecular weight is 261 g/mol. The van der Waals surface area contributed by atoms with E-state index < -0.39 is 18.2 Å². The van der Waals surface area contributed by atoms with E-state index in [-0.39, 0.29) is 23.0 Å². The molecule has 0 aromatic carbocycles. The van der Waals surface area contributed by atoms with Crippen LogP contribution in [0.2, 0.25) is 5.15 Å². The van der Waals surface area contributed by atoms with Crippen molar-refractivity contribution < 1.29 is 19.7 Å². The Kier molecular flexibility index (Phi) is 4.68. The van der Waals surface area contributed by atoms with Crippen molar-refractivity contribution in [3.8, 4) is 0 Å². The number of nitrogen functional groups attached to an aromatic ring is 1. The first-order valence-corrected chi connectivity index (χ1v) is 5.18. The number of aromatic nitrogens is 1. The van der Waals surface area contributed by atoms with Gasteiger partial charge in [0.05, 0.1) is 31.0 Å². The van der Waals surface area contributed by atoms with Crippen LogP contribution in [-0.2, 0) is 9.53 Å². The van der Waals surface area contributed by atoms with Gasteiger partial charge in [0, 0.05) is 0 Å². The van der Waals surface area contributed by atoms with Crippen molar-refractivity contribution in [3.63, 3.8) is 0 Å².